The quantitative estimate of drug-likeness (QED) is 0.750. The van der Waals surface area contributed by atoms with Crippen LogP contribution in [0.25, 0.3) is 0 Å². The second kappa shape index (κ2) is 8.51. The van der Waals surface area contributed by atoms with Crippen LogP contribution in [0.3, 0.4) is 0 Å². The van der Waals surface area contributed by atoms with E-state index in [0.717, 1.165) is 25.9 Å². The molecule has 0 aliphatic carbocycles. The fourth-order valence-electron chi connectivity index (χ4n) is 2.75. The Kier molecular flexibility index (Phi) is 5.86. The molecule has 8 nitrogen and oxygen atoms in total. The molecule has 1 aliphatic rings. The summed E-state index contributed by atoms with van der Waals surface area (Å²) in [6.45, 7) is 3.28. The molecule has 0 spiro atoms. The lowest BCUT2D eigenvalue weighted by Gasteiger charge is -2.32. The topological polar surface area (TPSA) is 96.0 Å². The van der Waals surface area contributed by atoms with Crippen LogP contribution in [0.1, 0.15) is 17.8 Å². The van der Waals surface area contributed by atoms with Crippen molar-refractivity contribution in [1.82, 2.24) is 30.8 Å². The Morgan fingerprint density at radius 1 is 1.38 bits per heavy atom. The standard InChI is InChI=1S/C16H22N6O2/c23-16(17-11-15-18-20-21-19-15)14-12-22(9-10-24-14)8-4-7-13-5-2-1-3-6-13/h1-3,5-6,14H,4,7-12H2,(H,17,23)(H,18,19,20,21)/t14-/m0/s1. The fraction of sp³-hybridized carbons (Fsp3) is 0.500. The molecule has 0 saturated carbocycles. The van der Waals surface area contributed by atoms with E-state index >= 15 is 0 Å². The van der Waals surface area contributed by atoms with Crippen molar-refractivity contribution in [2.75, 3.05) is 26.2 Å². The largest absolute Gasteiger partial charge is 0.366 e. The highest BCUT2D eigenvalue weighted by Crippen LogP contribution is 2.08. The first-order chi connectivity index (χ1) is 11.8. The Hall–Kier alpha value is -2.32. The van der Waals surface area contributed by atoms with E-state index in [0.29, 0.717) is 19.0 Å². The molecule has 1 saturated heterocycles. The van der Waals surface area contributed by atoms with Crippen molar-refractivity contribution in [3.05, 3.63) is 41.7 Å². The van der Waals surface area contributed by atoms with Crippen LogP contribution in [-0.4, -0.2) is 63.8 Å². The van der Waals surface area contributed by atoms with E-state index in [1.807, 2.05) is 6.07 Å². The number of aryl methyl sites for hydroxylation is 1. The maximum Gasteiger partial charge on any atom is 0.250 e. The van der Waals surface area contributed by atoms with E-state index in [-0.39, 0.29) is 12.5 Å². The number of carbonyl (C=O) groups excluding carboxylic acids is 1. The van der Waals surface area contributed by atoms with Gasteiger partial charge in [-0.05, 0) is 24.9 Å². The van der Waals surface area contributed by atoms with Gasteiger partial charge in [-0.25, -0.2) is 0 Å². The van der Waals surface area contributed by atoms with Crippen LogP contribution in [0.4, 0.5) is 0 Å². The van der Waals surface area contributed by atoms with Gasteiger partial charge in [0.05, 0.1) is 13.2 Å². The third kappa shape index (κ3) is 4.84. The molecule has 1 aromatic carbocycles. The maximum atomic E-state index is 12.2. The lowest BCUT2D eigenvalue weighted by atomic mass is 10.1. The Morgan fingerprint density at radius 2 is 2.25 bits per heavy atom. The number of H-pyrrole nitrogens is 1. The van der Waals surface area contributed by atoms with Crippen molar-refractivity contribution in [3.8, 4) is 0 Å². The first-order valence-corrected chi connectivity index (χ1v) is 8.19. The van der Waals surface area contributed by atoms with Gasteiger partial charge in [-0.2, -0.15) is 5.21 Å². The van der Waals surface area contributed by atoms with Crippen molar-refractivity contribution in [3.63, 3.8) is 0 Å². The number of aromatic nitrogens is 4. The lowest BCUT2D eigenvalue weighted by molar-refractivity contribution is -0.138. The summed E-state index contributed by atoms with van der Waals surface area (Å²) in [7, 11) is 0. The number of rotatable bonds is 7. The van der Waals surface area contributed by atoms with Crippen LogP contribution in [0.15, 0.2) is 30.3 Å². The third-order valence-corrected chi connectivity index (χ3v) is 4.04. The van der Waals surface area contributed by atoms with E-state index < -0.39 is 6.10 Å². The van der Waals surface area contributed by atoms with Gasteiger partial charge < -0.3 is 10.1 Å². The summed E-state index contributed by atoms with van der Waals surface area (Å²) >= 11 is 0. The number of tetrazole rings is 1. The molecule has 24 heavy (non-hydrogen) atoms. The van der Waals surface area contributed by atoms with Crippen molar-refractivity contribution >= 4 is 5.91 Å². The maximum absolute atomic E-state index is 12.2. The average molecular weight is 330 g/mol. The Labute approximate surface area is 140 Å². The molecule has 0 radical (unpaired) electrons. The second-order valence-electron chi connectivity index (χ2n) is 5.80. The predicted octanol–water partition coefficient (Wildman–Crippen LogP) is 0.150. The molecule has 2 aromatic rings. The zero-order valence-corrected chi connectivity index (χ0v) is 13.5. The van der Waals surface area contributed by atoms with Crippen LogP contribution < -0.4 is 5.32 Å². The van der Waals surface area contributed by atoms with Gasteiger partial charge >= 0.3 is 0 Å². The Bertz CT molecular complexity index is 619. The number of morpholine rings is 1. The monoisotopic (exact) mass is 330 g/mol. The van der Waals surface area contributed by atoms with Gasteiger partial charge in [0.1, 0.15) is 6.10 Å². The van der Waals surface area contributed by atoms with E-state index in [1.165, 1.54) is 5.56 Å². The summed E-state index contributed by atoms with van der Waals surface area (Å²) in [6, 6.07) is 10.5. The number of nitrogens with zero attached hydrogens (tertiary/aromatic N) is 4. The molecule has 1 atom stereocenters. The molecule has 0 unspecified atom stereocenters. The molecule has 0 bridgehead atoms. The molecule has 1 amide bonds. The summed E-state index contributed by atoms with van der Waals surface area (Å²) in [5.74, 6) is 0.325. The summed E-state index contributed by atoms with van der Waals surface area (Å²) < 4.78 is 5.59. The molecule has 3 rings (SSSR count). The number of amides is 1. The number of hydrogen-bond donors (Lipinski definition) is 2. The second-order valence-corrected chi connectivity index (χ2v) is 5.80. The SMILES string of the molecule is O=C(NCc1nn[nH]n1)[C@@H]1CN(CCCc2ccccc2)CCO1. The minimum atomic E-state index is -0.442. The van der Waals surface area contributed by atoms with Crippen LogP contribution in [0.2, 0.25) is 0 Å². The molecular formula is C16H22N6O2. The molecule has 8 heteroatoms. The summed E-state index contributed by atoms with van der Waals surface area (Å²) in [4.78, 5) is 14.5. The number of benzene rings is 1. The smallest absolute Gasteiger partial charge is 0.250 e. The average Bonchev–Trinajstić information content (AvgIpc) is 3.14. The summed E-state index contributed by atoms with van der Waals surface area (Å²) in [5.41, 5.74) is 1.35. The number of aromatic amines is 1. The normalized spacial score (nSPS) is 18.4. The Balaban J connectivity index is 1.39. The zero-order chi connectivity index (χ0) is 16.6. The van der Waals surface area contributed by atoms with Gasteiger partial charge in [0.15, 0.2) is 5.82 Å². The lowest BCUT2D eigenvalue weighted by Crippen LogP contribution is -2.49. The summed E-state index contributed by atoms with van der Waals surface area (Å²) in [6.07, 6.45) is 1.68. The zero-order valence-electron chi connectivity index (χ0n) is 13.5. The van der Waals surface area contributed by atoms with Gasteiger partial charge in [-0.15, -0.1) is 10.2 Å². The van der Waals surface area contributed by atoms with Crippen molar-refractivity contribution in [2.24, 2.45) is 0 Å². The van der Waals surface area contributed by atoms with Crippen LogP contribution in [0.5, 0.6) is 0 Å². The highest BCUT2D eigenvalue weighted by molar-refractivity contribution is 5.81. The highest BCUT2D eigenvalue weighted by Gasteiger charge is 2.26. The number of carbonyl (C=O) groups is 1. The molecule has 1 aromatic heterocycles. The van der Waals surface area contributed by atoms with Gasteiger partial charge in [-0.1, -0.05) is 35.5 Å². The first kappa shape index (κ1) is 16.5. The summed E-state index contributed by atoms with van der Waals surface area (Å²) in [5, 5.41) is 16.2. The molecule has 1 aliphatic heterocycles. The van der Waals surface area contributed by atoms with E-state index in [1.54, 1.807) is 0 Å². The molecular weight excluding hydrogens is 308 g/mol. The minimum Gasteiger partial charge on any atom is -0.366 e. The number of ether oxygens (including phenoxy) is 1. The number of nitrogens with one attached hydrogen (secondary N) is 2. The van der Waals surface area contributed by atoms with Crippen LogP contribution in [0, 0.1) is 0 Å². The van der Waals surface area contributed by atoms with E-state index in [4.69, 9.17) is 4.74 Å². The molecule has 1 fully saturated rings. The van der Waals surface area contributed by atoms with Crippen LogP contribution in [-0.2, 0) is 22.5 Å². The van der Waals surface area contributed by atoms with Gasteiger partial charge in [0, 0.05) is 13.1 Å². The van der Waals surface area contributed by atoms with E-state index in [9.17, 15) is 4.79 Å². The molecule has 128 valence electrons. The number of hydrogen-bond acceptors (Lipinski definition) is 6. The fourth-order valence-corrected chi connectivity index (χ4v) is 2.75. The predicted molar refractivity (Wildman–Crippen MR) is 87.0 cm³/mol. The Morgan fingerprint density at radius 3 is 3.04 bits per heavy atom. The van der Waals surface area contributed by atoms with Crippen molar-refractivity contribution < 1.29 is 9.53 Å². The van der Waals surface area contributed by atoms with Gasteiger partial charge in [0.2, 0.25) is 0 Å². The van der Waals surface area contributed by atoms with Gasteiger partial charge in [0.25, 0.3) is 5.91 Å². The van der Waals surface area contributed by atoms with Crippen molar-refractivity contribution in [2.45, 2.75) is 25.5 Å². The highest BCUT2D eigenvalue weighted by atomic mass is 16.5. The minimum absolute atomic E-state index is 0.132. The van der Waals surface area contributed by atoms with E-state index in [2.05, 4.69) is 55.1 Å². The van der Waals surface area contributed by atoms with Crippen molar-refractivity contribution in [1.29, 1.82) is 0 Å². The third-order valence-electron chi connectivity index (χ3n) is 4.04. The van der Waals surface area contributed by atoms with Gasteiger partial charge in [-0.3, -0.25) is 9.69 Å². The molecule has 2 heterocycles. The molecule has 2 N–H and O–H groups in total. The van der Waals surface area contributed by atoms with Crippen LogP contribution >= 0.6 is 0 Å². The first-order valence-electron chi connectivity index (χ1n) is 8.19.